The minimum Gasteiger partial charge on any atom is -0.497 e. The van der Waals surface area contributed by atoms with Gasteiger partial charge in [0.1, 0.15) is 18.1 Å². The zero-order valence-electron chi connectivity index (χ0n) is 13.6. The van der Waals surface area contributed by atoms with E-state index >= 15 is 0 Å². The summed E-state index contributed by atoms with van der Waals surface area (Å²) in [5.74, 6) is 1.18. The van der Waals surface area contributed by atoms with Crippen LogP contribution in [-0.4, -0.2) is 19.6 Å². The van der Waals surface area contributed by atoms with Crippen molar-refractivity contribution in [1.82, 2.24) is 0 Å². The fraction of sp³-hybridized carbons (Fsp3) is 0.278. The first-order valence-corrected chi connectivity index (χ1v) is 8.43. The van der Waals surface area contributed by atoms with E-state index in [9.17, 15) is 4.79 Å². The molecule has 1 unspecified atom stereocenters. The number of hydrogen-bond acceptors (Lipinski definition) is 4. The molecule has 0 fully saturated rings. The number of ether oxygens (including phenoxy) is 2. The van der Waals surface area contributed by atoms with Gasteiger partial charge < -0.3 is 20.5 Å². The van der Waals surface area contributed by atoms with Gasteiger partial charge in [-0.15, -0.1) is 0 Å². The lowest BCUT2D eigenvalue weighted by atomic mass is 9.95. The van der Waals surface area contributed by atoms with Gasteiger partial charge in [0.2, 0.25) is 5.91 Å². The molecule has 1 atom stereocenters. The molecule has 0 radical (unpaired) electrons. The molecule has 0 spiro atoms. The van der Waals surface area contributed by atoms with E-state index in [0.29, 0.717) is 24.4 Å². The van der Waals surface area contributed by atoms with Gasteiger partial charge in [-0.3, -0.25) is 4.79 Å². The summed E-state index contributed by atoms with van der Waals surface area (Å²) in [7, 11) is 1.62. The van der Waals surface area contributed by atoms with E-state index in [1.807, 2.05) is 31.2 Å². The van der Waals surface area contributed by atoms with Crippen molar-refractivity contribution in [3.8, 4) is 11.5 Å². The summed E-state index contributed by atoms with van der Waals surface area (Å²) >= 11 is 3.42. The van der Waals surface area contributed by atoms with Gasteiger partial charge in [0.05, 0.1) is 24.4 Å². The molecule has 1 amide bonds. The lowest BCUT2D eigenvalue weighted by molar-refractivity contribution is -0.121. The van der Waals surface area contributed by atoms with Crippen LogP contribution in [0.15, 0.2) is 34.8 Å². The van der Waals surface area contributed by atoms with Crippen LogP contribution in [0.2, 0.25) is 0 Å². The van der Waals surface area contributed by atoms with Crippen molar-refractivity contribution in [2.45, 2.75) is 13.3 Å². The smallest absolute Gasteiger partial charge is 0.231 e. The van der Waals surface area contributed by atoms with E-state index in [2.05, 4.69) is 21.2 Å². The molecule has 0 bridgehead atoms. The standard InChI is InChI=1S/C18H19BrN2O3/c1-10-5-13(19)8-15(17(10)20)21-18(22)12-6-11-7-14(23-2)3-4-16(11)24-9-12/h3-5,7-8,12H,6,9,20H2,1-2H3,(H,21,22). The Labute approximate surface area is 149 Å². The monoisotopic (exact) mass is 390 g/mol. The third-order valence-corrected chi connectivity index (χ3v) is 4.61. The van der Waals surface area contributed by atoms with E-state index < -0.39 is 0 Å². The molecule has 2 aromatic rings. The van der Waals surface area contributed by atoms with Crippen LogP contribution in [-0.2, 0) is 11.2 Å². The summed E-state index contributed by atoms with van der Waals surface area (Å²) in [6.07, 6.45) is 0.602. The van der Waals surface area contributed by atoms with E-state index in [4.69, 9.17) is 15.2 Å². The van der Waals surface area contributed by atoms with Gasteiger partial charge in [-0.25, -0.2) is 0 Å². The Balaban J connectivity index is 1.77. The van der Waals surface area contributed by atoms with Gasteiger partial charge in [0, 0.05) is 4.47 Å². The molecule has 0 aromatic heterocycles. The van der Waals surface area contributed by atoms with Crippen LogP contribution >= 0.6 is 15.9 Å². The zero-order valence-corrected chi connectivity index (χ0v) is 15.1. The maximum atomic E-state index is 12.6. The number of nitrogens with two attached hydrogens (primary N) is 1. The van der Waals surface area contributed by atoms with Gasteiger partial charge in [-0.05, 0) is 54.8 Å². The summed E-state index contributed by atoms with van der Waals surface area (Å²) in [6.45, 7) is 2.25. The predicted molar refractivity (Wildman–Crippen MR) is 97.6 cm³/mol. The Morgan fingerprint density at radius 1 is 1.38 bits per heavy atom. The second-order valence-corrected chi connectivity index (χ2v) is 6.77. The second kappa shape index (κ2) is 6.73. The van der Waals surface area contributed by atoms with Crippen molar-refractivity contribution < 1.29 is 14.3 Å². The molecule has 0 aliphatic carbocycles. The van der Waals surface area contributed by atoms with Crippen molar-refractivity contribution in [2.24, 2.45) is 5.92 Å². The van der Waals surface area contributed by atoms with Crippen molar-refractivity contribution in [1.29, 1.82) is 0 Å². The minimum atomic E-state index is -0.275. The van der Waals surface area contributed by atoms with E-state index in [1.165, 1.54) is 0 Å². The number of halogens is 1. The number of aryl methyl sites for hydroxylation is 1. The van der Waals surface area contributed by atoms with Gasteiger partial charge in [-0.1, -0.05) is 15.9 Å². The molecule has 1 heterocycles. The van der Waals surface area contributed by atoms with Crippen LogP contribution < -0.4 is 20.5 Å². The first kappa shape index (κ1) is 16.6. The van der Waals surface area contributed by atoms with Crippen molar-refractivity contribution >= 4 is 33.2 Å². The van der Waals surface area contributed by atoms with Crippen LogP contribution in [0.25, 0.3) is 0 Å². The molecule has 1 aliphatic rings. The van der Waals surface area contributed by atoms with Gasteiger partial charge >= 0.3 is 0 Å². The third-order valence-electron chi connectivity index (χ3n) is 4.15. The molecule has 3 N–H and O–H groups in total. The number of anilines is 2. The fourth-order valence-electron chi connectivity index (χ4n) is 2.76. The Bertz CT molecular complexity index is 792. The Morgan fingerprint density at radius 3 is 2.92 bits per heavy atom. The molecule has 3 rings (SSSR count). The fourth-order valence-corrected chi connectivity index (χ4v) is 3.33. The highest BCUT2D eigenvalue weighted by molar-refractivity contribution is 9.10. The Kier molecular flexibility index (Phi) is 4.66. The van der Waals surface area contributed by atoms with Crippen molar-refractivity contribution in [3.05, 3.63) is 45.9 Å². The molecule has 5 nitrogen and oxygen atoms in total. The Morgan fingerprint density at radius 2 is 2.17 bits per heavy atom. The molecule has 0 saturated carbocycles. The van der Waals surface area contributed by atoms with Gasteiger partial charge in [0.15, 0.2) is 0 Å². The number of fused-ring (bicyclic) bond motifs is 1. The molecule has 6 heteroatoms. The number of carbonyl (C=O) groups excluding carboxylic acids is 1. The molecule has 1 aliphatic heterocycles. The predicted octanol–water partition coefficient (Wildman–Crippen LogP) is 3.54. The zero-order chi connectivity index (χ0) is 17.3. The van der Waals surface area contributed by atoms with Gasteiger partial charge in [-0.2, -0.15) is 0 Å². The summed E-state index contributed by atoms with van der Waals surface area (Å²) in [5, 5.41) is 2.92. The summed E-state index contributed by atoms with van der Waals surface area (Å²) in [6, 6.07) is 9.35. The molecule has 24 heavy (non-hydrogen) atoms. The third kappa shape index (κ3) is 3.33. The Hall–Kier alpha value is -2.21. The van der Waals surface area contributed by atoms with E-state index in [-0.39, 0.29) is 11.8 Å². The number of carbonyl (C=O) groups is 1. The molecule has 0 saturated heterocycles. The average molecular weight is 391 g/mol. The van der Waals surface area contributed by atoms with Crippen molar-refractivity contribution in [2.75, 3.05) is 24.8 Å². The number of methoxy groups -OCH3 is 1. The van der Waals surface area contributed by atoms with Crippen molar-refractivity contribution in [3.63, 3.8) is 0 Å². The number of benzene rings is 2. The number of hydrogen-bond donors (Lipinski definition) is 2. The second-order valence-electron chi connectivity index (χ2n) is 5.86. The van der Waals surface area contributed by atoms with Crippen LogP contribution in [0.4, 0.5) is 11.4 Å². The first-order chi connectivity index (χ1) is 11.5. The van der Waals surface area contributed by atoms with Gasteiger partial charge in [0.25, 0.3) is 0 Å². The normalized spacial score (nSPS) is 16.0. The first-order valence-electron chi connectivity index (χ1n) is 7.64. The average Bonchev–Trinajstić information content (AvgIpc) is 2.58. The van der Waals surface area contributed by atoms with Crippen LogP contribution in [0, 0.1) is 12.8 Å². The minimum absolute atomic E-state index is 0.104. The quantitative estimate of drug-likeness (QED) is 0.786. The highest BCUT2D eigenvalue weighted by Gasteiger charge is 2.27. The van der Waals surface area contributed by atoms with E-state index in [0.717, 1.165) is 27.1 Å². The summed E-state index contributed by atoms with van der Waals surface area (Å²) in [5.41, 5.74) is 9.13. The molecular formula is C18H19BrN2O3. The highest BCUT2D eigenvalue weighted by atomic mass is 79.9. The highest BCUT2D eigenvalue weighted by Crippen LogP contribution is 2.32. The van der Waals surface area contributed by atoms with Crippen LogP contribution in [0.3, 0.4) is 0 Å². The number of nitrogens with one attached hydrogen (secondary N) is 1. The summed E-state index contributed by atoms with van der Waals surface area (Å²) < 4.78 is 11.8. The summed E-state index contributed by atoms with van der Waals surface area (Å²) in [4.78, 5) is 12.6. The lowest BCUT2D eigenvalue weighted by Crippen LogP contribution is -2.32. The van der Waals surface area contributed by atoms with E-state index in [1.54, 1.807) is 13.2 Å². The van der Waals surface area contributed by atoms with Crippen LogP contribution in [0.5, 0.6) is 11.5 Å². The number of nitrogen functional groups attached to an aromatic ring is 1. The molecular weight excluding hydrogens is 372 g/mol. The largest absolute Gasteiger partial charge is 0.497 e. The number of rotatable bonds is 3. The topological polar surface area (TPSA) is 73.6 Å². The maximum absolute atomic E-state index is 12.6. The lowest BCUT2D eigenvalue weighted by Gasteiger charge is -2.25. The number of amides is 1. The molecule has 126 valence electrons. The van der Waals surface area contributed by atoms with Crippen LogP contribution in [0.1, 0.15) is 11.1 Å². The SMILES string of the molecule is COc1ccc2c(c1)CC(C(=O)Nc1cc(Br)cc(C)c1N)CO2. The molecule has 2 aromatic carbocycles. The maximum Gasteiger partial charge on any atom is 0.231 e.